The number of rotatable bonds is 16. The molecule has 2 aliphatic rings. The molecule has 0 aromatic heterocycles. The Hall–Kier alpha value is -0.840. The highest BCUT2D eigenvalue weighted by atomic mass is 31.2. The first kappa shape index (κ1) is 26.4. The van der Waals surface area contributed by atoms with Crippen molar-refractivity contribution in [2.24, 2.45) is 11.8 Å². The molecule has 2 aliphatic heterocycles. The first-order chi connectivity index (χ1) is 14.9. The van der Waals surface area contributed by atoms with Crippen LogP contribution in [-0.4, -0.2) is 25.8 Å². The molecule has 180 valence electrons. The summed E-state index contributed by atoms with van der Waals surface area (Å²) >= 11 is 0. The molecule has 0 aliphatic carbocycles. The predicted octanol–water partition coefficient (Wildman–Crippen LogP) is 7.33. The summed E-state index contributed by atoms with van der Waals surface area (Å²) in [5, 5.41) is 0. The molecule has 0 aromatic carbocycles. The first-order valence-corrected chi connectivity index (χ1v) is 13.9. The van der Waals surface area contributed by atoms with Crippen molar-refractivity contribution in [3.8, 4) is 0 Å². The monoisotopic (exact) mass is 458 g/mol. The second-order valence-electron chi connectivity index (χ2n) is 9.29. The molecular weight excluding hydrogens is 415 g/mol. The lowest BCUT2D eigenvalue weighted by Gasteiger charge is -2.19. The Labute approximate surface area is 189 Å². The third kappa shape index (κ3) is 9.67. The quantitative estimate of drug-likeness (QED) is 0.137. The molecule has 0 radical (unpaired) electrons. The maximum absolute atomic E-state index is 13.0. The summed E-state index contributed by atoms with van der Waals surface area (Å²) < 4.78 is 34.9. The van der Waals surface area contributed by atoms with Crippen molar-refractivity contribution in [2.75, 3.05) is 19.8 Å². The van der Waals surface area contributed by atoms with Gasteiger partial charge in [0, 0.05) is 6.42 Å². The number of cyclic esters (lactones) is 1. The Morgan fingerprint density at radius 1 is 0.935 bits per heavy atom. The fraction of sp³-hybridized carbons (Fsp3) is 0.875. The maximum atomic E-state index is 13.0. The van der Waals surface area contributed by atoms with Gasteiger partial charge in [0.1, 0.15) is 12.4 Å². The van der Waals surface area contributed by atoms with Crippen LogP contribution >= 0.6 is 7.82 Å². The molecule has 1 saturated heterocycles. The van der Waals surface area contributed by atoms with E-state index < -0.39 is 13.8 Å². The van der Waals surface area contributed by atoms with Gasteiger partial charge in [0.05, 0.1) is 24.7 Å². The number of phosphoric acid groups is 1. The summed E-state index contributed by atoms with van der Waals surface area (Å²) in [7, 11) is -3.70. The molecule has 0 aromatic rings. The topological polar surface area (TPSA) is 71.1 Å². The second-order valence-corrected chi connectivity index (χ2v) is 10.9. The van der Waals surface area contributed by atoms with Gasteiger partial charge in [-0.3, -0.25) is 9.05 Å². The van der Waals surface area contributed by atoms with Gasteiger partial charge < -0.3 is 9.26 Å². The Morgan fingerprint density at radius 3 is 2.10 bits per heavy atom. The van der Waals surface area contributed by atoms with Crippen molar-refractivity contribution in [1.29, 1.82) is 0 Å². The van der Waals surface area contributed by atoms with Gasteiger partial charge in [-0.05, 0) is 12.3 Å². The normalized spacial score (nSPS) is 23.6. The standard InChI is InChI=1S/C24H43O6P/c1-4-5-6-7-8-9-10-11-12-13-14-15-16-28-31(26)29-19-21-18-27-24(25)23(21)22(30-31)17-20(2)3/h20-21H,4-19H2,1-3H3. The Kier molecular flexibility index (Phi) is 12.2. The largest absolute Gasteiger partial charge is 0.529 e. The van der Waals surface area contributed by atoms with Crippen LogP contribution in [0.25, 0.3) is 0 Å². The van der Waals surface area contributed by atoms with Crippen LogP contribution in [0.2, 0.25) is 0 Å². The number of phosphoric ester groups is 1. The molecule has 0 bridgehead atoms. The fourth-order valence-corrected chi connectivity index (χ4v) is 5.41. The molecule has 1 fully saturated rings. The zero-order valence-electron chi connectivity index (χ0n) is 19.9. The van der Waals surface area contributed by atoms with Crippen LogP contribution < -0.4 is 0 Å². The Bertz CT molecular complexity index is 615. The summed E-state index contributed by atoms with van der Waals surface area (Å²) in [6.45, 7) is 7.01. The lowest BCUT2D eigenvalue weighted by Crippen LogP contribution is -2.11. The minimum Gasteiger partial charge on any atom is -0.461 e. The van der Waals surface area contributed by atoms with Crippen LogP contribution in [0.4, 0.5) is 0 Å². The summed E-state index contributed by atoms with van der Waals surface area (Å²) in [4.78, 5) is 12.1. The van der Waals surface area contributed by atoms with Gasteiger partial charge in [-0.2, -0.15) is 0 Å². The van der Waals surface area contributed by atoms with Gasteiger partial charge in [-0.1, -0.05) is 91.4 Å². The Balaban J connectivity index is 1.62. The highest BCUT2D eigenvalue weighted by molar-refractivity contribution is 7.48. The zero-order valence-corrected chi connectivity index (χ0v) is 20.8. The van der Waals surface area contributed by atoms with Crippen molar-refractivity contribution in [3.05, 3.63) is 11.3 Å². The van der Waals surface area contributed by atoms with Gasteiger partial charge in [0.2, 0.25) is 0 Å². The molecule has 6 nitrogen and oxygen atoms in total. The number of allylic oxidation sites excluding steroid dienone is 1. The molecule has 2 heterocycles. The summed E-state index contributed by atoms with van der Waals surface area (Å²) in [6.07, 6.45) is 15.6. The van der Waals surface area contributed by atoms with Crippen LogP contribution in [-0.2, 0) is 27.7 Å². The zero-order chi connectivity index (χ0) is 22.5. The van der Waals surface area contributed by atoms with Gasteiger partial charge in [0.25, 0.3) is 0 Å². The SMILES string of the molecule is CCCCCCCCCCCCCCOP1(=O)OCC2COC(=O)C2=C(CC(C)C)O1. The summed E-state index contributed by atoms with van der Waals surface area (Å²) in [6, 6.07) is 0. The van der Waals surface area contributed by atoms with E-state index in [1.54, 1.807) is 0 Å². The number of ether oxygens (including phenoxy) is 1. The van der Waals surface area contributed by atoms with Crippen molar-refractivity contribution in [3.63, 3.8) is 0 Å². The summed E-state index contributed by atoms with van der Waals surface area (Å²) in [5.74, 6) is 0.0449. The molecule has 2 rings (SSSR count). The molecule has 0 amide bonds. The number of carbonyl (C=O) groups is 1. The van der Waals surface area contributed by atoms with Gasteiger partial charge in [-0.15, -0.1) is 0 Å². The van der Waals surface area contributed by atoms with Crippen LogP contribution in [0.1, 0.15) is 104 Å². The highest BCUT2D eigenvalue weighted by Gasteiger charge is 2.43. The first-order valence-electron chi connectivity index (χ1n) is 12.4. The van der Waals surface area contributed by atoms with E-state index in [-0.39, 0.29) is 25.0 Å². The molecule has 2 atom stereocenters. The number of carbonyl (C=O) groups excluding carboxylic acids is 1. The number of hydrogen-bond donors (Lipinski definition) is 0. The van der Waals surface area contributed by atoms with Crippen LogP contribution in [0, 0.1) is 11.8 Å². The minimum absolute atomic E-state index is 0.123. The smallest absolute Gasteiger partial charge is 0.461 e. The third-order valence-corrected chi connectivity index (χ3v) is 7.25. The molecule has 0 N–H and O–H groups in total. The van der Waals surface area contributed by atoms with E-state index in [0.29, 0.717) is 24.4 Å². The lowest BCUT2D eigenvalue weighted by atomic mass is 9.98. The molecule has 7 heteroatoms. The number of esters is 1. The predicted molar refractivity (Wildman–Crippen MR) is 123 cm³/mol. The number of hydrogen-bond acceptors (Lipinski definition) is 6. The van der Waals surface area contributed by atoms with Crippen molar-refractivity contribution < 1.29 is 27.7 Å². The highest BCUT2D eigenvalue weighted by Crippen LogP contribution is 2.55. The molecular formula is C24H43O6P. The lowest BCUT2D eigenvalue weighted by molar-refractivity contribution is -0.135. The van der Waals surface area contributed by atoms with E-state index in [0.717, 1.165) is 12.8 Å². The third-order valence-electron chi connectivity index (χ3n) is 5.84. The maximum Gasteiger partial charge on any atom is 0.529 e. The van der Waals surface area contributed by atoms with Crippen molar-refractivity contribution >= 4 is 13.8 Å². The van der Waals surface area contributed by atoms with Crippen LogP contribution in [0.15, 0.2) is 11.3 Å². The average molecular weight is 459 g/mol. The van der Waals surface area contributed by atoms with Crippen LogP contribution in [0.5, 0.6) is 0 Å². The average Bonchev–Trinajstić information content (AvgIpc) is 3.03. The molecule has 31 heavy (non-hydrogen) atoms. The van der Waals surface area contributed by atoms with Gasteiger partial charge >= 0.3 is 13.8 Å². The van der Waals surface area contributed by atoms with Crippen molar-refractivity contribution in [2.45, 2.75) is 104 Å². The molecule has 0 saturated carbocycles. The van der Waals surface area contributed by atoms with Gasteiger partial charge in [-0.25, -0.2) is 9.36 Å². The van der Waals surface area contributed by atoms with E-state index in [1.165, 1.54) is 64.2 Å². The van der Waals surface area contributed by atoms with Crippen LogP contribution in [0.3, 0.4) is 0 Å². The fourth-order valence-electron chi connectivity index (χ4n) is 4.07. The van der Waals surface area contributed by atoms with E-state index in [9.17, 15) is 9.36 Å². The number of unbranched alkanes of at least 4 members (excludes halogenated alkanes) is 11. The van der Waals surface area contributed by atoms with E-state index in [2.05, 4.69) is 6.92 Å². The van der Waals surface area contributed by atoms with Gasteiger partial charge in [0.15, 0.2) is 0 Å². The summed E-state index contributed by atoms with van der Waals surface area (Å²) in [5.41, 5.74) is 0.473. The Morgan fingerprint density at radius 2 is 1.52 bits per heavy atom. The van der Waals surface area contributed by atoms with Crippen molar-refractivity contribution in [1.82, 2.24) is 0 Å². The van der Waals surface area contributed by atoms with E-state index >= 15 is 0 Å². The van der Waals surface area contributed by atoms with E-state index in [4.69, 9.17) is 18.3 Å². The minimum atomic E-state index is -3.70. The van der Waals surface area contributed by atoms with E-state index in [1.807, 2.05) is 13.8 Å². The molecule has 0 spiro atoms. The number of fused-ring (bicyclic) bond motifs is 1. The second kappa shape index (κ2) is 14.3. The molecule has 2 unspecified atom stereocenters.